The molecule has 1 aliphatic rings. The number of ether oxygens (including phenoxy) is 1. The molecule has 22 heavy (non-hydrogen) atoms. The maximum atomic E-state index is 11.7. The van der Waals surface area contributed by atoms with Gasteiger partial charge in [0.15, 0.2) is 5.75 Å². The summed E-state index contributed by atoms with van der Waals surface area (Å²) in [5, 5.41) is 0. The molecule has 0 atom stereocenters. The van der Waals surface area contributed by atoms with E-state index in [2.05, 4.69) is 4.40 Å². The minimum absolute atomic E-state index is 0.239. The molecule has 0 radical (unpaired) electrons. The summed E-state index contributed by atoms with van der Waals surface area (Å²) < 4.78 is 37.2. The Bertz CT molecular complexity index is 855. The van der Waals surface area contributed by atoms with Crippen LogP contribution in [-0.4, -0.2) is 21.2 Å². The predicted molar refractivity (Wildman–Crippen MR) is 84.6 cm³/mol. The fourth-order valence-corrected chi connectivity index (χ4v) is 2.88. The first-order valence-corrected chi connectivity index (χ1v) is 7.90. The maximum Gasteiger partial charge on any atom is 0.429 e. The lowest BCUT2D eigenvalue weighted by molar-refractivity contribution is 0.413. The molecule has 0 aliphatic carbocycles. The normalized spacial score (nSPS) is 15.8. The van der Waals surface area contributed by atoms with Gasteiger partial charge in [-0.2, -0.15) is 8.42 Å². The van der Waals surface area contributed by atoms with E-state index in [9.17, 15) is 8.42 Å². The molecule has 0 unspecified atom stereocenters. The molecule has 1 aliphatic heterocycles. The van der Waals surface area contributed by atoms with Crippen LogP contribution in [-0.2, 0) is 10.3 Å². The van der Waals surface area contributed by atoms with Crippen molar-refractivity contribution >= 4 is 22.1 Å². The summed E-state index contributed by atoms with van der Waals surface area (Å²) in [7, 11) is -2.43. The number of hydrogen-bond donors (Lipinski definition) is 0. The Hall–Kier alpha value is -2.60. The number of nitrogens with zero attached hydrogens (tertiary/aromatic N) is 1. The molecular formula is C16H13NO4S. The number of benzene rings is 2. The average Bonchev–Trinajstić information content (AvgIpc) is 2.52. The monoisotopic (exact) mass is 315 g/mol. The second-order valence-corrected chi connectivity index (χ2v) is 5.80. The van der Waals surface area contributed by atoms with Crippen LogP contribution in [0, 0.1) is 0 Å². The van der Waals surface area contributed by atoms with E-state index in [0.29, 0.717) is 17.0 Å². The zero-order valence-electron chi connectivity index (χ0n) is 11.8. The molecular weight excluding hydrogens is 302 g/mol. The van der Waals surface area contributed by atoms with Gasteiger partial charge in [-0.3, -0.25) is 0 Å². The number of fused-ring (bicyclic) bond motifs is 1. The number of methoxy groups -OCH3 is 1. The Labute approximate surface area is 128 Å². The quantitative estimate of drug-likeness (QED) is 0.873. The van der Waals surface area contributed by atoms with Gasteiger partial charge in [0.05, 0.1) is 12.8 Å². The minimum Gasteiger partial charge on any atom is -0.497 e. The first-order valence-electron chi connectivity index (χ1n) is 6.53. The second-order valence-electron chi connectivity index (χ2n) is 4.59. The molecule has 3 rings (SSSR count). The standard InChI is InChI=1S/C16H13NO4S/c1-20-13-8-10-16-14(11-13)15(17-22(18,19)21-16)9-7-12-5-3-2-4-6-12/h2-11H,1H3/b9-7+. The van der Waals surface area contributed by atoms with Crippen LogP contribution in [0.25, 0.3) is 6.08 Å². The van der Waals surface area contributed by atoms with E-state index in [1.807, 2.05) is 30.3 Å². The van der Waals surface area contributed by atoms with Crippen molar-refractivity contribution in [3.05, 3.63) is 65.7 Å². The van der Waals surface area contributed by atoms with Gasteiger partial charge in [-0.1, -0.05) is 36.4 Å². The molecule has 0 aromatic heterocycles. The summed E-state index contributed by atoms with van der Waals surface area (Å²) in [4.78, 5) is 0. The third-order valence-electron chi connectivity index (χ3n) is 3.10. The van der Waals surface area contributed by atoms with E-state index < -0.39 is 10.3 Å². The van der Waals surface area contributed by atoms with Gasteiger partial charge in [0, 0.05) is 5.56 Å². The van der Waals surface area contributed by atoms with Crippen LogP contribution in [0.2, 0.25) is 0 Å². The van der Waals surface area contributed by atoms with E-state index in [-0.39, 0.29) is 5.75 Å². The third kappa shape index (κ3) is 3.01. The average molecular weight is 315 g/mol. The fourth-order valence-electron chi connectivity index (χ4n) is 2.07. The zero-order valence-corrected chi connectivity index (χ0v) is 12.6. The highest BCUT2D eigenvalue weighted by Crippen LogP contribution is 2.30. The van der Waals surface area contributed by atoms with Gasteiger partial charge in [-0.15, -0.1) is 4.40 Å². The van der Waals surface area contributed by atoms with Crippen molar-refractivity contribution in [2.75, 3.05) is 7.11 Å². The van der Waals surface area contributed by atoms with Crippen molar-refractivity contribution in [2.45, 2.75) is 0 Å². The van der Waals surface area contributed by atoms with Crippen molar-refractivity contribution in [1.29, 1.82) is 0 Å². The lowest BCUT2D eigenvalue weighted by atomic mass is 10.1. The fraction of sp³-hybridized carbons (Fsp3) is 0.0625. The number of hydrogen-bond acceptors (Lipinski definition) is 4. The van der Waals surface area contributed by atoms with Gasteiger partial charge in [-0.25, -0.2) is 0 Å². The Kier molecular flexibility index (Phi) is 3.68. The van der Waals surface area contributed by atoms with Gasteiger partial charge in [0.1, 0.15) is 5.75 Å². The largest absolute Gasteiger partial charge is 0.497 e. The Morgan fingerprint density at radius 3 is 2.59 bits per heavy atom. The van der Waals surface area contributed by atoms with Crippen LogP contribution in [0.4, 0.5) is 0 Å². The summed E-state index contributed by atoms with van der Waals surface area (Å²) in [6.07, 6.45) is 3.44. The summed E-state index contributed by atoms with van der Waals surface area (Å²) in [5.74, 6) is 0.839. The molecule has 2 aromatic rings. The molecule has 0 N–H and O–H groups in total. The minimum atomic E-state index is -3.97. The highest BCUT2D eigenvalue weighted by atomic mass is 32.2. The number of allylic oxidation sites excluding steroid dienone is 1. The van der Waals surface area contributed by atoms with E-state index in [1.165, 1.54) is 0 Å². The predicted octanol–water partition coefficient (Wildman–Crippen LogP) is 2.83. The van der Waals surface area contributed by atoms with Crippen LogP contribution >= 0.6 is 0 Å². The van der Waals surface area contributed by atoms with E-state index in [0.717, 1.165) is 5.56 Å². The molecule has 0 spiro atoms. The second kappa shape index (κ2) is 5.65. The smallest absolute Gasteiger partial charge is 0.429 e. The molecule has 112 valence electrons. The summed E-state index contributed by atoms with van der Waals surface area (Å²) in [6.45, 7) is 0. The van der Waals surface area contributed by atoms with E-state index in [1.54, 1.807) is 37.5 Å². The van der Waals surface area contributed by atoms with Crippen molar-refractivity contribution in [3.8, 4) is 11.5 Å². The van der Waals surface area contributed by atoms with Gasteiger partial charge in [0.2, 0.25) is 0 Å². The van der Waals surface area contributed by atoms with Gasteiger partial charge in [0.25, 0.3) is 0 Å². The number of rotatable bonds is 3. The molecule has 0 saturated heterocycles. The van der Waals surface area contributed by atoms with Crippen LogP contribution in [0.5, 0.6) is 11.5 Å². The van der Waals surface area contributed by atoms with Crippen molar-refractivity contribution in [3.63, 3.8) is 0 Å². The maximum absolute atomic E-state index is 11.7. The van der Waals surface area contributed by atoms with Crippen LogP contribution in [0.3, 0.4) is 0 Å². The summed E-state index contributed by atoms with van der Waals surface area (Å²) in [6, 6.07) is 14.4. The van der Waals surface area contributed by atoms with Crippen molar-refractivity contribution in [1.82, 2.24) is 0 Å². The van der Waals surface area contributed by atoms with Gasteiger partial charge in [-0.05, 0) is 29.8 Å². The Balaban J connectivity index is 2.05. The molecule has 0 saturated carbocycles. The topological polar surface area (TPSA) is 65.0 Å². The molecule has 1 heterocycles. The van der Waals surface area contributed by atoms with Crippen LogP contribution in [0.1, 0.15) is 11.1 Å². The molecule has 6 heteroatoms. The molecule has 0 bridgehead atoms. The summed E-state index contributed by atoms with van der Waals surface area (Å²) >= 11 is 0. The van der Waals surface area contributed by atoms with Gasteiger partial charge < -0.3 is 8.92 Å². The zero-order chi connectivity index (χ0) is 15.6. The van der Waals surface area contributed by atoms with E-state index >= 15 is 0 Å². The van der Waals surface area contributed by atoms with Crippen molar-refractivity contribution < 1.29 is 17.3 Å². The Morgan fingerprint density at radius 1 is 1.09 bits per heavy atom. The molecule has 0 fully saturated rings. The van der Waals surface area contributed by atoms with Crippen LogP contribution in [0.15, 0.2) is 59.0 Å². The lowest BCUT2D eigenvalue weighted by Gasteiger charge is -2.15. The highest BCUT2D eigenvalue weighted by Gasteiger charge is 2.24. The molecule has 5 nitrogen and oxygen atoms in total. The molecule has 0 amide bonds. The Morgan fingerprint density at radius 2 is 1.86 bits per heavy atom. The lowest BCUT2D eigenvalue weighted by Crippen LogP contribution is -2.17. The summed E-state index contributed by atoms with van der Waals surface area (Å²) in [5.41, 5.74) is 1.82. The SMILES string of the molecule is COc1ccc2c(c1)C(/C=C/c1ccccc1)=NS(=O)(=O)O2. The first-order chi connectivity index (χ1) is 10.6. The van der Waals surface area contributed by atoms with Gasteiger partial charge >= 0.3 is 10.3 Å². The van der Waals surface area contributed by atoms with E-state index in [4.69, 9.17) is 8.92 Å². The molecule has 2 aromatic carbocycles. The van der Waals surface area contributed by atoms with Crippen LogP contribution < -0.4 is 8.92 Å². The third-order valence-corrected chi connectivity index (χ3v) is 3.91. The highest BCUT2D eigenvalue weighted by molar-refractivity contribution is 7.86. The van der Waals surface area contributed by atoms with Crippen molar-refractivity contribution in [2.24, 2.45) is 4.40 Å². The first kappa shape index (κ1) is 14.3.